The molecular weight excluding hydrogens is 182 g/mol. The molecule has 1 aromatic rings. The van der Waals surface area contributed by atoms with Crippen LogP contribution in [0.25, 0.3) is 0 Å². The van der Waals surface area contributed by atoms with Crippen LogP contribution in [0.1, 0.15) is 42.7 Å². The molecule has 1 aliphatic carbocycles. The van der Waals surface area contributed by atoms with Crippen LogP contribution in [0.2, 0.25) is 0 Å². The predicted octanol–water partition coefficient (Wildman–Crippen LogP) is 2.98. The Hall–Kier alpha value is -0.820. The molecule has 0 spiro atoms. The van der Waals surface area contributed by atoms with Crippen LogP contribution in [0.15, 0.2) is 24.3 Å². The monoisotopic (exact) mass is 201 g/mol. The fraction of sp³-hybridized carbons (Fsp3) is 0.571. The molecule has 0 N–H and O–H groups in total. The van der Waals surface area contributed by atoms with Gasteiger partial charge in [0.05, 0.1) is 0 Å². The largest absolute Gasteiger partial charge is 0.302 e. The van der Waals surface area contributed by atoms with Crippen molar-refractivity contribution in [3.05, 3.63) is 35.4 Å². The van der Waals surface area contributed by atoms with E-state index in [4.69, 9.17) is 0 Å². The third kappa shape index (κ3) is 1.50. The van der Waals surface area contributed by atoms with E-state index >= 15 is 0 Å². The molecule has 4 rings (SSSR count). The molecule has 1 aromatic carbocycles. The zero-order valence-corrected chi connectivity index (χ0v) is 9.45. The van der Waals surface area contributed by atoms with E-state index in [1.165, 1.54) is 32.5 Å². The first-order valence-electron chi connectivity index (χ1n) is 6.19. The number of rotatable bonds is 1. The molecule has 0 amide bonds. The smallest absolute Gasteiger partial charge is 0.00505 e. The summed E-state index contributed by atoms with van der Waals surface area (Å²) in [5.74, 6) is 1.61. The lowest BCUT2D eigenvalue weighted by molar-refractivity contribution is 0.285. The van der Waals surface area contributed by atoms with Gasteiger partial charge >= 0.3 is 0 Å². The second kappa shape index (κ2) is 3.64. The zero-order valence-electron chi connectivity index (χ0n) is 9.45. The quantitative estimate of drug-likeness (QED) is 0.675. The van der Waals surface area contributed by atoms with E-state index in [9.17, 15) is 0 Å². The van der Waals surface area contributed by atoms with Crippen LogP contribution in [0.4, 0.5) is 0 Å². The highest BCUT2D eigenvalue weighted by atomic mass is 15.1. The SMILES string of the molecule is CCN1CC2CCC(C1)c1ccccc12. The van der Waals surface area contributed by atoms with Crippen molar-refractivity contribution in [1.29, 1.82) is 0 Å². The first-order chi connectivity index (χ1) is 7.38. The van der Waals surface area contributed by atoms with Crippen LogP contribution in [-0.2, 0) is 0 Å². The van der Waals surface area contributed by atoms with Gasteiger partial charge in [-0.2, -0.15) is 0 Å². The van der Waals surface area contributed by atoms with E-state index in [1.54, 1.807) is 11.1 Å². The summed E-state index contributed by atoms with van der Waals surface area (Å²) < 4.78 is 0. The molecule has 2 aliphatic heterocycles. The molecule has 3 aliphatic rings. The van der Waals surface area contributed by atoms with Gasteiger partial charge in [-0.15, -0.1) is 0 Å². The van der Waals surface area contributed by atoms with Gasteiger partial charge in [-0.3, -0.25) is 0 Å². The molecule has 2 atom stereocenters. The summed E-state index contributed by atoms with van der Waals surface area (Å²) in [6.07, 6.45) is 2.80. The first kappa shape index (κ1) is 9.41. The van der Waals surface area contributed by atoms with Crippen molar-refractivity contribution in [1.82, 2.24) is 4.90 Å². The third-order valence-corrected chi connectivity index (χ3v) is 4.14. The Morgan fingerprint density at radius 3 is 2.07 bits per heavy atom. The van der Waals surface area contributed by atoms with Gasteiger partial charge < -0.3 is 4.90 Å². The summed E-state index contributed by atoms with van der Waals surface area (Å²) in [6, 6.07) is 9.11. The maximum Gasteiger partial charge on any atom is 0.00505 e. The van der Waals surface area contributed by atoms with Crippen LogP contribution < -0.4 is 0 Å². The molecule has 2 heterocycles. The lowest BCUT2D eigenvalue weighted by atomic mass is 9.78. The minimum Gasteiger partial charge on any atom is -0.302 e. The van der Waals surface area contributed by atoms with Gasteiger partial charge in [0.2, 0.25) is 0 Å². The number of benzene rings is 1. The normalized spacial score (nSPS) is 29.9. The summed E-state index contributed by atoms with van der Waals surface area (Å²) in [5.41, 5.74) is 3.29. The molecule has 2 unspecified atom stereocenters. The van der Waals surface area contributed by atoms with E-state index in [0.717, 1.165) is 11.8 Å². The number of hydrogen-bond donors (Lipinski definition) is 0. The van der Waals surface area contributed by atoms with Gasteiger partial charge in [0, 0.05) is 13.1 Å². The number of nitrogens with zero attached hydrogens (tertiary/aromatic N) is 1. The van der Waals surface area contributed by atoms with Crippen LogP contribution in [-0.4, -0.2) is 24.5 Å². The molecule has 0 radical (unpaired) electrons. The van der Waals surface area contributed by atoms with E-state index in [-0.39, 0.29) is 0 Å². The Labute approximate surface area is 92.1 Å². The zero-order chi connectivity index (χ0) is 10.3. The van der Waals surface area contributed by atoms with Crippen LogP contribution >= 0.6 is 0 Å². The molecule has 80 valence electrons. The first-order valence-corrected chi connectivity index (χ1v) is 6.19. The Balaban J connectivity index is 2.03. The minimum absolute atomic E-state index is 0.805. The summed E-state index contributed by atoms with van der Waals surface area (Å²) in [5, 5.41) is 0. The molecule has 2 bridgehead atoms. The standard InChI is InChI=1S/C14H19N/c1-2-15-9-11-7-8-12(10-15)14-6-4-3-5-13(11)14/h3-6,11-12H,2,7-10H2,1H3. The van der Waals surface area contributed by atoms with Gasteiger partial charge in [-0.1, -0.05) is 31.2 Å². The van der Waals surface area contributed by atoms with Gasteiger partial charge in [0.15, 0.2) is 0 Å². The Morgan fingerprint density at radius 1 is 1.07 bits per heavy atom. The minimum atomic E-state index is 0.805. The van der Waals surface area contributed by atoms with Crippen molar-refractivity contribution in [3.8, 4) is 0 Å². The predicted molar refractivity (Wildman–Crippen MR) is 63.3 cm³/mol. The van der Waals surface area contributed by atoms with Crippen molar-refractivity contribution < 1.29 is 0 Å². The summed E-state index contributed by atoms with van der Waals surface area (Å²) in [7, 11) is 0. The molecule has 1 fully saturated rings. The summed E-state index contributed by atoms with van der Waals surface area (Å²) in [4.78, 5) is 2.63. The Kier molecular flexibility index (Phi) is 2.28. The molecular formula is C14H19N. The summed E-state index contributed by atoms with van der Waals surface area (Å²) >= 11 is 0. The van der Waals surface area contributed by atoms with Crippen molar-refractivity contribution in [3.63, 3.8) is 0 Å². The number of fused-ring (bicyclic) bond motifs is 3. The van der Waals surface area contributed by atoms with E-state index in [1.807, 2.05) is 0 Å². The average Bonchev–Trinajstić information content (AvgIpc) is 2.59. The van der Waals surface area contributed by atoms with Crippen molar-refractivity contribution in [2.75, 3.05) is 19.6 Å². The maximum absolute atomic E-state index is 2.63. The van der Waals surface area contributed by atoms with Crippen molar-refractivity contribution in [2.45, 2.75) is 31.6 Å². The van der Waals surface area contributed by atoms with Crippen LogP contribution in [0.5, 0.6) is 0 Å². The number of likely N-dealkylation sites (N-methyl/N-ethyl adjacent to an activating group) is 1. The molecule has 0 saturated carbocycles. The Bertz CT molecular complexity index is 325. The van der Waals surface area contributed by atoms with Gasteiger partial charge in [-0.05, 0) is 42.3 Å². The third-order valence-electron chi connectivity index (χ3n) is 4.14. The van der Waals surface area contributed by atoms with Gasteiger partial charge in [0.25, 0.3) is 0 Å². The number of hydrogen-bond acceptors (Lipinski definition) is 1. The fourth-order valence-corrected chi connectivity index (χ4v) is 3.30. The van der Waals surface area contributed by atoms with E-state index in [2.05, 4.69) is 36.1 Å². The molecule has 1 heteroatoms. The summed E-state index contributed by atoms with van der Waals surface area (Å²) in [6.45, 7) is 6.06. The lowest BCUT2D eigenvalue weighted by Gasteiger charge is -2.26. The topological polar surface area (TPSA) is 3.24 Å². The Morgan fingerprint density at radius 2 is 1.60 bits per heavy atom. The molecule has 1 saturated heterocycles. The highest BCUT2D eigenvalue weighted by Crippen LogP contribution is 2.42. The fourth-order valence-electron chi connectivity index (χ4n) is 3.30. The van der Waals surface area contributed by atoms with Crippen molar-refractivity contribution >= 4 is 0 Å². The van der Waals surface area contributed by atoms with Crippen LogP contribution in [0.3, 0.4) is 0 Å². The lowest BCUT2D eigenvalue weighted by Crippen LogP contribution is -2.27. The highest BCUT2D eigenvalue weighted by molar-refractivity contribution is 5.37. The van der Waals surface area contributed by atoms with Crippen LogP contribution in [0, 0.1) is 0 Å². The molecule has 0 aromatic heterocycles. The second-order valence-electron chi connectivity index (χ2n) is 4.95. The van der Waals surface area contributed by atoms with Gasteiger partial charge in [-0.25, -0.2) is 0 Å². The molecule has 15 heavy (non-hydrogen) atoms. The molecule has 1 nitrogen and oxygen atoms in total. The second-order valence-corrected chi connectivity index (χ2v) is 4.95. The van der Waals surface area contributed by atoms with Crippen molar-refractivity contribution in [2.24, 2.45) is 0 Å². The van der Waals surface area contributed by atoms with E-state index < -0.39 is 0 Å². The van der Waals surface area contributed by atoms with Gasteiger partial charge in [0.1, 0.15) is 0 Å². The van der Waals surface area contributed by atoms with E-state index in [0.29, 0.717) is 0 Å². The average molecular weight is 201 g/mol. The maximum atomic E-state index is 2.63. The highest BCUT2D eigenvalue weighted by Gasteiger charge is 2.32.